The second-order valence-corrected chi connectivity index (χ2v) is 5.78. The highest BCUT2D eigenvalue weighted by atomic mass is 16.5. The van der Waals surface area contributed by atoms with E-state index in [1.54, 1.807) is 20.0 Å². The summed E-state index contributed by atoms with van der Waals surface area (Å²) in [6.45, 7) is 6.69. The molecule has 0 atom stereocenters. The van der Waals surface area contributed by atoms with Gasteiger partial charge in [0, 0.05) is 23.8 Å². The van der Waals surface area contributed by atoms with Gasteiger partial charge >= 0.3 is 5.97 Å². The first-order valence-electron chi connectivity index (χ1n) is 8.65. The number of nitrogens with zero attached hydrogens (tertiary/aromatic N) is 1. The van der Waals surface area contributed by atoms with Crippen molar-refractivity contribution in [1.29, 1.82) is 0 Å². The normalized spacial score (nSPS) is 11.2. The number of carbonyl (C=O) groups excluding carboxylic acids is 1. The third-order valence-electron chi connectivity index (χ3n) is 3.65. The predicted octanol–water partition coefficient (Wildman–Crippen LogP) is 4.43. The molecular weight excluding hydrogens is 314 g/mol. The van der Waals surface area contributed by atoms with Gasteiger partial charge in [0.2, 0.25) is 5.88 Å². The molecule has 0 aliphatic carbocycles. The smallest absolute Gasteiger partial charge is 0.333 e. The van der Waals surface area contributed by atoms with E-state index >= 15 is 0 Å². The molecule has 4 heteroatoms. The molecule has 4 nitrogen and oxygen atoms in total. The van der Waals surface area contributed by atoms with E-state index in [0.29, 0.717) is 24.7 Å². The average Bonchev–Trinajstić information content (AvgIpc) is 2.63. The van der Waals surface area contributed by atoms with E-state index in [2.05, 4.69) is 24.0 Å². The van der Waals surface area contributed by atoms with Gasteiger partial charge in [0.05, 0.1) is 13.2 Å². The zero-order chi connectivity index (χ0) is 18.1. The van der Waals surface area contributed by atoms with E-state index in [1.165, 1.54) is 5.56 Å². The Kier molecular flexibility index (Phi) is 7.20. The molecule has 2 rings (SSSR count). The van der Waals surface area contributed by atoms with E-state index in [0.717, 1.165) is 24.0 Å². The van der Waals surface area contributed by atoms with Gasteiger partial charge in [-0.25, -0.2) is 9.78 Å². The van der Waals surface area contributed by atoms with Gasteiger partial charge in [-0.15, -0.1) is 0 Å². The van der Waals surface area contributed by atoms with Crippen LogP contribution in [0.15, 0.2) is 48.2 Å². The molecule has 0 fully saturated rings. The summed E-state index contributed by atoms with van der Waals surface area (Å²) in [7, 11) is 0. The number of hydrogen-bond donors (Lipinski definition) is 0. The first-order valence-corrected chi connectivity index (χ1v) is 8.65. The Hall–Kier alpha value is -2.62. The number of rotatable bonds is 8. The number of esters is 1. The zero-order valence-electron chi connectivity index (χ0n) is 15.1. The van der Waals surface area contributed by atoms with Crippen molar-refractivity contribution < 1.29 is 14.3 Å². The van der Waals surface area contributed by atoms with Gasteiger partial charge in [-0.05, 0) is 43.5 Å². The standard InChI is InChI=1S/C21H25NO3/c1-4-13-25-20-19(7-6-12-22-20)15-18-10-8-17(9-11-18)14-16(3)21(23)24-5-2/h6-12,14H,4-5,13,15H2,1-3H3. The van der Waals surface area contributed by atoms with Crippen molar-refractivity contribution in [2.24, 2.45) is 0 Å². The molecule has 0 amide bonds. The summed E-state index contributed by atoms with van der Waals surface area (Å²) >= 11 is 0. The molecule has 0 unspecified atom stereocenters. The van der Waals surface area contributed by atoms with Crippen molar-refractivity contribution in [1.82, 2.24) is 4.98 Å². The second kappa shape index (κ2) is 9.62. The van der Waals surface area contributed by atoms with Crippen LogP contribution in [-0.4, -0.2) is 24.2 Å². The van der Waals surface area contributed by atoms with Gasteiger partial charge in [-0.3, -0.25) is 0 Å². The summed E-state index contributed by atoms with van der Waals surface area (Å²) in [4.78, 5) is 16.0. The van der Waals surface area contributed by atoms with E-state index in [-0.39, 0.29) is 5.97 Å². The summed E-state index contributed by atoms with van der Waals surface area (Å²) in [6.07, 6.45) is 5.30. The second-order valence-electron chi connectivity index (χ2n) is 5.78. The van der Waals surface area contributed by atoms with Crippen LogP contribution in [0.3, 0.4) is 0 Å². The lowest BCUT2D eigenvalue weighted by atomic mass is 10.0. The third-order valence-corrected chi connectivity index (χ3v) is 3.65. The van der Waals surface area contributed by atoms with Crippen LogP contribution in [0, 0.1) is 0 Å². The molecule has 0 spiro atoms. The first kappa shape index (κ1) is 18.7. The molecule has 0 N–H and O–H groups in total. The largest absolute Gasteiger partial charge is 0.477 e. The van der Waals surface area contributed by atoms with Crippen LogP contribution >= 0.6 is 0 Å². The number of carbonyl (C=O) groups is 1. The van der Waals surface area contributed by atoms with Gasteiger partial charge in [-0.2, -0.15) is 0 Å². The maximum absolute atomic E-state index is 11.7. The average molecular weight is 339 g/mol. The predicted molar refractivity (Wildman–Crippen MR) is 99.6 cm³/mol. The monoisotopic (exact) mass is 339 g/mol. The van der Waals surface area contributed by atoms with E-state index in [1.807, 2.05) is 30.3 Å². The van der Waals surface area contributed by atoms with Crippen molar-refractivity contribution in [3.05, 3.63) is 64.9 Å². The molecule has 1 aromatic carbocycles. The molecule has 132 valence electrons. The molecule has 2 aromatic rings. The van der Waals surface area contributed by atoms with Crippen molar-refractivity contribution in [2.75, 3.05) is 13.2 Å². The van der Waals surface area contributed by atoms with E-state index in [9.17, 15) is 4.79 Å². The minimum Gasteiger partial charge on any atom is -0.477 e. The fourth-order valence-electron chi connectivity index (χ4n) is 2.39. The Bertz CT molecular complexity index is 720. The van der Waals surface area contributed by atoms with Crippen LogP contribution in [-0.2, 0) is 16.0 Å². The topological polar surface area (TPSA) is 48.4 Å². The van der Waals surface area contributed by atoms with Crippen molar-refractivity contribution in [3.63, 3.8) is 0 Å². The van der Waals surface area contributed by atoms with E-state index < -0.39 is 0 Å². The Morgan fingerprint density at radius 2 is 1.92 bits per heavy atom. The van der Waals surface area contributed by atoms with Crippen LogP contribution in [0.5, 0.6) is 5.88 Å². The Balaban J connectivity index is 2.08. The molecule has 0 radical (unpaired) electrons. The summed E-state index contributed by atoms with van der Waals surface area (Å²) in [6, 6.07) is 12.1. The first-order chi connectivity index (χ1) is 12.1. The quantitative estimate of drug-likeness (QED) is 0.527. The lowest BCUT2D eigenvalue weighted by Crippen LogP contribution is -2.04. The highest BCUT2D eigenvalue weighted by Crippen LogP contribution is 2.20. The van der Waals surface area contributed by atoms with Crippen LogP contribution in [0.4, 0.5) is 0 Å². The fourth-order valence-corrected chi connectivity index (χ4v) is 2.39. The maximum Gasteiger partial charge on any atom is 0.333 e. The number of aromatic nitrogens is 1. The molecule has 0 aliphatic heterocycles. The van der Waals surface area contributed by atoms with Crippen molar-refractivity contribution in [2.45, 2.75) is 33.6 Å². The highest BCUT2D eigenvalue weighted by molar-refractivity contribution is 5.92. The zero-order valence-corrected chi connectivity index (χ0v) is 15.1. The van der Waals surface area contributed by atoms with Gasteiger partial charge < -0.3 is 9.47 Å². The number of hydrogen-bond acceptors (Lipinski definition) is 4. The molecular formula is C21H25NO3. The summed E-state index contributed by atoms with van der Waals surface area (Å²) < 4.78 is 10.7. The number of benzene rings is 1. The van der Waals surface area contributed by atoms with E-state index in [4.69, 9.17) is 9.47 Å². The highest BCUT2D eigenvalue weighted by Gasteiger charge is 2.07. The van der Waals surface area contributed by atoms with Gasteiger partial charge in [0.1, 0.15) is 0 Å². The third kappa shape index (κ3) is 5.75. The van der Waals surface area contributed by atoms with Gasteiger partial charge in [0.15, 0.2) is 0 Å². The van der Waals surface area contributed by atoms with Crippen LogP contribution in [0.2, 0.25) is 0 Å². The van der Waals surface area contributed by atoms with Crippen molar-refractivity contribution >= 4 is 12.0 Å². The Morgan fingerprint density at radius 1 is 1.16 bits per heavy atom. The molecule has 0 saturated carbocycles. The Morgan fingerprint density at radius 3 is 2.60 bits per heavy atom. The van der Waals surface area contributed by atoms with Crippen molar-refractivity contribution in [3.8, 4) is 5.88 Å². The Labute approximate surface area is 149 Å². The van der Waals surface area contributed by atoms with Crippen LogP contribution in [0.25, 0.3) is 6.08 Å². The minimum atomic E-state index is -0.278. The molecule has 0 bridgehead atoms. The minimum absolute atomic E-state index is 0.278. The lowest BCUT2D eigenvalue weighted by Gasteiger charge is -2.09. The van der Waals surface area contributed by atoms with Crippen LogP contribution in [0.1, 0.15) is 43.9 Å². The molecule has 1 aromatic heterocycles. The number of pyridine rings is 1. The maximum atomic E-state index is 11.7. The fraction of sp³-hybridized carbons (Fsp3) is 0.333. The van der Waals surface area contributed by atoms with Gasteiger partial charge in [-0.1, -0.05) is 37.3 Å². The molecule has 0 aliphatic rings. The summed E-state index contributed by atoms with van der Waals surface area (Å²) in [5, 5.41) is 0. The molecule has 25 heavy (non-hydrogen) atoms. The summed E-state index contributed by atoms with van der Waals surface area (Å²) in [5.74, 6) is 0.422. The molecule has 1 heterocycles. The molecule has 0 saturated heterocycles. The number of ether oxygens (including phenoxy) is 2. The van der Waals surface area contributed by atoms with Crippen LogP contribution < -0.4 is 4.74 Å². The SMILES string of the molecule is CCCOc1ncccc1Cc1ccc(C=C(C)C(=O)OCC)cc1. The van der Waals surface area contributed by atoms with Gasteiger partial charge in [0.25, 0.3) is 0 Å². The lowest BCUT2D eigenvalue weighted by molar-refractivity contribution is -0.138. The summed E-state index contributed by atoms with van der Waals surface area (Å²) in [5.41, 5.74) is 3.81.